The van der Waals surface area contributed by atoms with Crippen molar-refractivity contribution in [1.82, 2.24) is 5.32 Å². The summed E-state index contributed by atoms with van der Waals surface area (Å²) >= 11 is 0. The molecule has 0 saturated carbocycles. The van der Waals surface area contributed by atoms with E-state index in [1.807, 2.05) is 27.0 Å². The largest absolute Gasteiger partial charge is 0.380 e. The molecule has 0 spiro atoms. The van der Waals surface area contributed by atoms with Crippen molar-refractivity contribution in [1.29, 1.82) is 0 Å². The molecule has 5 heteroatoms. The summed E-state index contributed by atoms with van der Waals surface area (Å²) in [5.41, 5.74) is 1.59. The normalized spacial score (nSPS) is 10.9. The van der Waals surface area contributed by atoms with Crippen LogP contribution in [0.2, 0.25) is 0 Å². The molecule has 120 valence electrons. The first-order valence-electron chi connectivity index (χ1n) is 7.57. The summed E-state index contributed by atoms with van der Waals surface area (Å²) in [6, 6.07) is 5.20. The van der Waals surface area contributed by atoms with Gasteiger partial charge in [-0.25, -0.2) is 4.39 Å². The molecular formula is C16H27FN2O2. The highest BCUT2D eigenvalue weighted by atomic mass is 19.1. The van der Waals surface area contributed by atoms with Crippen LogP contribution < -0.4 is 10.2 Å². The van der Waals surface area contributed by atoms with Crippen LogP contribution in [0.3, 0.4) is 0 Å². The van der Waals surface area contributed by atoms with Crippen molar-refractivity contribution >= 4 is 5.69 Å². The minimum Gasteiger partial charge on any atom is -0.380 e. The van der Waals surface area contributed by atoms with Gasteiger partial charge in [-0.3, -0.25) is 0 Å². The number of benzene rings is 1. The van der Waals surface area contributed by atoms with Crippen LogP contribution in [0.4, 0.5) is 10.1 Å². The van der Waals surface area contributed by atoms with Gasteiger partial charge in [0.2, 0.25) is 0 Å². The molecule has 0 amide bonds. The second kappa shape index (κ2) is 10.5. The Labute approximate surface area is 127 Å². The quantitative estimate of drug-likeness (QED) is 0.636. The van der Waals surface area contributed by atoms with Crippen molar-refractivity contribution in [3.63, 3.8) is 0 Å². The maximum Gasteiger partial charge on any atom is 0.129 e. The van der Waals surface area contributed by atoms with E-state index in [0.29, 0.717) is 38.5 Å². The maximum absolute atomic E-state index is 14.0. The standard InChI is InChI=1S/C16H27FN2O2/c1-4-20-11-9-19(10-12-21-5-2)16-8-6-7-15(17)14(16)13-18-3/h6-8,18H,4-5,9-13H2,1-3H3. The van der Waals surface area contributed by atoms with E-state index in [4.69, 9.17) is 9.47 Å². The van der Waals surface area contributed by atoms with E-state index >= 15 is 0 Å². The lowest BCUT2D eigenvalue weighted by Gasteiger charge is -2.27. The van der Waals surface area contributed by atoms with E-state index in [-0.39, 0.29) is 5.82 Å². The predicted octanol–water partition coefficient (Wildman–Crippen LogP) is 2.42. The Morgan fingerprint density at radius 2 is 1.71 bits per heavy atom. The highest BCUT2D eigenvalue weighted by Gasteiger charge is 2.14. The molecule has 0 aliphatic rings. The lowest BCUT2D eigenvalue weighted by atomic mass is 10.1. The lowest BCUT2D eigenvalue weighted by molar-refractivity contribution is 0.141. The number of halogens is 1. The van der Waals surface area contributed by atoms with Crippen LogP contribution in [0.1, 0.15) is 19.4 Å². The fourth-order valence-electron chi connectivity index (χ4n) is 2.19. The van der Waals surface area contributed by atoms with E-state index in [2.05, 4.69) is 10.2 Å². The molecule has 1 rings (SSSR count). The monoisotopic (exact) mass is 298 g/mol. The average Bonchev–Trinajstić information content (AvgIpc) is 2.48. The van der Waals surface area contributed by atoms with Crippen LogP contribution in [-0.2, 0) is 16.0 Å². The molecule has 0 fully saturated rings. The van der Waals surface area contributed by atoms with Crippen molar-refractivity contribution in [3.05, 3.63) is 29.6 Å². The zero-order chi connectivity index (χ0) is 15.5. The summed E-state index contributed by atoms with van der Waals surface area (Å²) in [5.74, 6) is -0.181. The van der Waals surface area contributed by atoms with Crippen molar-refractivity contribution in [2.24, 2.45) is 0 Å². The lowest BCUT2D eigenvalue weighted by Crippen LogP contribution is -2.32. The first-order chi connectivity index (χ1) is 10.2. The molecular weight excluding hydrogens is 271 g/mol. The molecule has 0 unspecified atom stereocenters. The van der Waals surface area contributed by atoms with E-state index in [1.165, 1.54) is 6.07 Å². The minimum absolute atomic E-state index is 0.181. The van der Waals surface area contributed by atoms with Crippen molar-refractivity contribution < 1.29 is 13.9 Å². The highest BCUT2D eigenvalue weighted by Crippen LogP contribution is 2.23. The van der Waals surface area contributed by atoms with E-state index < -0.39 is 0 Å². The fourth-order valence-corrected chi connectivity index (χ4v) is 2.19. The van der Waals surface area contributed by atoms with E-state index in [0.717, 1.165) is 18.8 Å². The smallest absolute Gasteiger partial charge is 0.129 e. The van der Waals surface area contributed by atoms with Gasteiger partial charge in [0.05, 0.1) is 13.2 Å². The van der Waals surface area contributed by atoms with Crippen LogP contribution >= 0.6 is 0 Å². The molecule has 0 bridgehead atoms. The van der Waals surface area contributed by atoms with Crippen molar-refractivity contribution in [2.45, 2.75) is 20.4 Å². The topological polar surface area (TPSA) is 33.7 Å². The van der Waals surface area contributed by atoms with Gasteiger partial charge in [0, 0.05) is 44.1 Å². The Hall–Kier alpha value is -1.17. The second-order valence-electron chi connectivity index (χ2n) is 4.65. The highest BCUT2D eigenvalue weighted by molar-refractivity contribution is 5.54. The van der Waals surface area contributed by atoms with E-state index in [1.54, 1.807) is 6.07 Å². The van der Waals surface area contributed by atoms with Crippen LogP contribution in [0, 0.1) is 5.82 Å². The molecule has 0 aromatic heterocycles. The molecule has 0 radical (unpaired) electrons. The summed E-state index contributed by atoms with van der Waals surface area (Å²) < 4.78 is 24.9. The van der Waals surface area contributed by atoms with Crippen LogP contribution in [0.25, 0.3) is 0 Å². The maximum atomic E-state index is 14.0. The molecule has 0 aliphatic heterocycles. The number of hydrogen-bond donors (Lipinski definition) is 1. The first kappa shape index (κ1) is 17.9. The molecule has 0 heterocycles. The van der Waals surface area contributed by atoms with Gasteiger partial charge in [-0.15, -0.1) is 0 Å². The first-order valence-corrected chi connectivity index (χ1v) is 7.57. The number of rotatable bonds is 11. The third-order valence-electron chi connectivity index (χ3n) is 3.21. The van der Waals surface area contributed by atoms with Gasteiger partial charge in [0.15, 0.2) is 0 Å². The van der Waals surface area contributed by atoms with Crippen LogP contribution in [0.5, 0.6) is 0 Å². The minimum atomic E-state index is -0.181. The average molecular weight is 298 g/mol. The Kier molecular flexibility index (Phi) is 8.98. The summed E-state index contributed by atoms with van der Waals surface area (Å²) in [7, 11) is 1.82. The summed E-state index contributed by atoms with van der Waals surface area (Å²) in [6.07, 6.45) is 0. The van der Waals surface area contributed by atoms with Gasteiger partial charge in [0.25, 0.3) is 0 Å². The molecule has 4 nitrogen and oxygen atoms in total. The molecule has 0 atom stereocenters. The Morgan fingerprint density at radius 3 is 2.24 bits per heavy atom. The van der Waals surface area contributed by atoms with Crippen molar-refractivity contribution in [2.75, 3.05) is 51.5 Å². The number of nitrogens with zero attached hydrogens (tertiary/aromatic N) is 1. The molecule has 1 aromatic carbocycles. The number of anilines is 1. The fraction of sp³-hybridized carbons (Fsp3) is 0.625. The SMILES string of the molecule is CCOCCN(CCOCC)c1cccc(F)c1CNC. The molecule has 21 heavy (non-hydrogen) atoms. The number of ether oxygens (including phenoxy) is 2. The third kappa shape index (κ3) is 5.99. The van der Waals surface area contributed by atoms with Gasteiger partial charge >= 0.3 is 0 Å². The van der Waals surface area contributed by atoms with Crippen LogP contribution in [-0.4, -0.2) is 46.6 Å². The zero-order valence-electron chi connectivity index (χ0n) is 13.3. The zero-order valence-corrected chi connectivity index (χ0v) is 13.3. The van der Waals surface area contributed by atoms with Gasteiger partial charge in [-0.1, -0.05) is 6.07 Å². The summed E-state index contributed by atoms with van der Waals surface area (Å²) in [5, 5.41) is 3.03. The Morgan fingerprint density at radius 1 is 1.10 bits per heavy atom. The molecule has 0 saturated heterocycles. The van der Waals surface area contributed by atoms with Crippen LogP contribution in [0.15, 0.2) is 18.2 Å². The van der Waals surface area contributed by atoms with Gasteiger partial charge < -0.3 is 19.7 Å². The molecule has 0 aliphatic carbocycles. The van der Waals surface area contributed by atoms with Crippen molar-refractivity contribution in [3.8, 4) is 0 Å². The van der Waals surface area contributed by atoms with Gasteiger partial charge in [-0.2, -0.15) is 0 Å². The number of nitrogens with one attached hydrogen (secondary N) is 1. The number of hydrogen-bond acceptors (Lipinski definition) is 4. The van der Waals surface area contributed by atoms with E-state index in [9.17, 15) is 4.39 Å². The molecule has 1 aromatic rings. The second-order valence-corrected chi connectivity index (χ2v) is 4.65. The summed E-state index contributed by atoms with van der Waals surface area (Å²) in [6.45, 7) is 8.51. The van der Waals surface area contributed by atoms with Gasteiger partial charge in [0.1, 0.15) is 5.82 Å². The molecule has 1 N–H and O–H groups in total. The summed E-state index contributed by atoms with van der Waals surface area (Å²) in [4.78, 5) is 2.13. The van der Waals surface area contributed by atoms with Gasteiger partial charge in [-0.05, 0) is 33.0 Å². The Balaban J connectivity index is 2.86. The predicted molar refractivity (Wildman–Crippen MR) is 84.4 cm³/mol. The third-order valence-corrected chi connectivity index (χ3v) is 3.21. The Bertz CT molecular complexity index is 392.